The minimum Gasteiger partial charge on any atom is -0.490 e. The third-order valence-electron chi connectivity index (χ3n) is 4.55. The number of anilines is 2. The minimum atomic E-state index is -0.101. The molecule has 3 aromatic rings. The van der Waals surface area contributed by atoms with Gasteiger partial charge >= 0.3 is 0 Å². The zero-order chi connectivity index (χ0) is 20.5. The van der Waals surface area contributed by atoms with E-state index in [-0.39, 0.29) is 12.5 Å². The normalized spacial score (nSPS) is 10.3. The van der Waals surface area contributed by atoms with Gasteiger partial charge in [-0.1, -0.05) is 30.3 Å². The van der Waals surface area contributed by atoms with Crippen LogP contribution < -0.4 is 20.1 Å². The van der Waals surface area contributed by atoms with Crippen molar-refractivity contribution < 1.29 is 14.3 Å². The van der Waals surface area contributed by atoms with Crippen LogP contribution in [0.25, 0.3) is 0 Å². The van der Waals surface area contributed by atoms with Gasteiger partial charge in [0.1, 0.15) is 24.7 Å². The summed E-state index contributed by atoms with van der Waals surface area (Å²) in [6.07, 6.45) is 0. The van der Waals surface area contributed by atoms with E-state index < -0.39 is 0 Å². The smallest absolute Gasteiger partial charge is 0.243 e. The number of amides is 1. The van der Waals surface area contributed by atoms with Gasteiger partial charge < -0.3 is 20.1 Å². The molecule has 0 aliphatic heterocycles. The van der Waals surface area contributed by atoms with Crippen LogP contribution in [-0.2, 0) is 4.79 Å². The van der Waals surface area contributed by atoms with Gasteiger partial charge in [0.2, 0.25) is 5.91 Å². The highest BCUT2D eigenvalue weighted by Gasteiger charge is 2.05. The Morgan fingerprint density at radius 1 is 0.793 bits per heavy atom. The molecule has 3 aromatic carbocycles. The summed E-state index contributed by atoms with van der Waals surface area (Å²) >= 11 is 0. The van der Waals surface area contributed by atoms with Gasteiger partial charge in [0.05, 0.1) is 6.54 Å². The minimum absolute atomic E-state index is 0.101. The van der Waals surface area contributed by atoms with Crippen molar-refractivity contribution in [2.24, 2.45) is 0 Å². The molecule has 0 spiro atoms. The van der Waals surface area contributed by atoms with E-state index in [1.165, 1.54) is 5.56 Å². The van der Waals surface area contributed by atoms with E-state index >= 15 is 0 Å². The summed E-state index contributed by atoms with van der Waals surface area (Å²) in [4.78, 5) is 12.2. The summed E-state index contributed by atoms with van der Waals surface area (Å²) in [6.45, 7) is 5.21. The lowest BCUT2D eigenvalue weighted by molar-refractivity contribution is -0.114. The van der Waals surface area contributed by atoms with Crippen LogP contribution in [0.5, 0.6) is 11.5 Å². The van der Waals surface area contributed by atoms with Gasteiger partial charge in [-0.15, -0.1) is 0 Å². The highest BCUT2D eigenvalue weighted by atomic mass is 16.5. The summed E-state index contributed by atoms with van der Waals surface area (Å²) < 4.78 is 11.3. The summed E-state index contributed by atoms with van der Waals surface area (Å²) in [5.74, 6) is 1.45. The van der Waals surface area contributed by atoms with Crippen LogP contribution in [0.1, 0.15) is 11.1 Å². The first-order valence-corrected chi connectivity index (χ1v) is 9.62. The predicted molar refractivity (Wildman–Crippen MR) is 117 cm³/mol. The van der Waals surface area contributed by atoms with Crippen molar-refractivity contribution in [3.63, 3.8) is 0 Å². The third-order valence-corrected chi connectivity index (χ3v) is 4.55. The molecule has 3 rings (SSSR count). The van der Waals surface area contributed by atoms with Crippen LogP contribution in [0, 0.1) is 13.8 Å². The zero-order valence-electron chi connectivity index (χ0n) is 16.8. The molecule has 5 nitrogen and oxygen atoms in total. The molecular formula is C24H26N2O3. The van der Waals surface area contributed by atoms with Crippen molar-refractivity contribution in [2.75, 3.05) is 30.4 Å². The largest absolute Gasteiger partial charge is 0.490 e. The van der Waals surface area contributed by atoms with Crippen LogP contribution in [0.4, 0.5) is 11.4 Å². The lowest BCUT2D eigenvalue weighted by Gasteiger charge is -2.12. The second-order valence-electron chi connectivity index (χ2n) is 6.68. The van der Waals surface area contributed by atoms with Crippen LogP contribution in [0.2, 0.25) is 0 Å². The monoisotopic (exact) mass is 390 g/mol. The molecule has 0 radical (unpaired) electrons. The number of benzene rings is 3. The van der Waals surface area contributed by atoms with Gasteiger partial charge in [0, 0.05) is 11.4 Å². The van der Waals surface area contributed by atoms with Gasteiger partial charge in [-0.3, -0.25) is 4.79 Å². The number of ether oxygens (including phenoxy) is 2. The molecule has 0 atom stereocenters. The molecule has 0 unspecified atom stereocenters. The molecule has 0 saturated heterocycles. The van der Waals surface area contributed by atoms with E-state index in [9.17, 15) is 4.79 Å². The van der Waals surface area contributed by atoms with Crippen molar-refractivity contribution in [2.45, 2.75) is 13.8 Å². The Morgan fingerprint density at radius 2 is 1.45 bits per heavy atom. The molecule has 0 fully saturated rings. The predicted octanol–water partition coefficient (Wildman–Crippen LogP) is 4.81. The first kappa shape index (κ1) is 20.3. The lowest BCUT2D eigenvalue weighted by atomic mass is 10.1. The van der Waals surface area contributed by atoms with Gasteiger partial charge in [0.15, 0.2) is 0 Å². The second-order valence-corrected chi connectivity index (χ2v) is 6.68. The molecule has 0 heterocycles. The van der Waals surface area contributed by atoms with Crippen molar-refractivity contribution in [1.29, 1.82) is 0 Å². The Kier molecular flexibility index (Phi) is 7.11. The van der Waals surface area contributed by atoms with Crippen LogP contribution in [0.15, 0.2) is 72.8 Å². The molecule has 1 amide bonds. The maximum atomic E-state index is 12.2. The highest BCUT2D eigenvalue weighted by Crippen LogP contribution is 2.18. The quantitative estimate of drug-likeness (QED) is 0.515. The van der Waals surface area contributed by atoms with Crippen molar-refractivity contribution in [3.05, 3.63) is 83.9 Å². The van der Waals surface area contributed by atoms with E-state index in [2.05, 4.69) is 23.6 Å². The first-order chi connectivity index (χ1) is 14.1. The SMILES string of the molecule is Cc1cccc(NCC(=O)Nc2ccc(OCCOc3ccccc3)cc2)c1C. The van der Waals surface area contributed by atoms with Crippen molar-refractivity contribution in [3.8, 4) is 11.5 Å². The molecular weight excluding hydrogens is 364 g/mol. The molecule has 5 heteroatoms. The zero-order valence-corrected chi connectivity index (χ0v) is 16.8. The molecule has 150 valence electrons. The van der Waals surface area contributed by atoms with Crippen molar-refractivity contribution >= 4 is 17.3 Å². The maximum Gasteiger partial charge on any atom is 0.243 e. The lowest BCUT2D eigenvalue weighted by Crippen LogP contribution is -2.22. The van der Waals surface area contributed by atoms with E-state index in [0.29, 0.717) is 13.2 Å². The maximum absolute atomic E-state index is 12.2. The summed E-state index contributed by atoms with van der Waals surface area (Å²) in [5.41, 5.74) is 4.05. The van der Waals surface area contributed by atoms with Crippen LogP contribution >= 0.6 is 0 Å². The molecule has 0 saturated carbocycles. The third kappa shape index (κ3) is 6.28. The molecule has 0 bridgehead atoms. The number of para-hydroxylation sites is 1. The fourth-order valence-corrected chi connectivity index (χ4v) is 2.79. The second kappa shape index (κ2) is 10.2. The Labute approximate surface area is 171 Å². The molecule has 0 aliphatic carbocycles. The first-order valence-electron chi connectivity index (χ1n) is 9.62. The van der Waals surface area contributed by atoms with Crippen LogP contribution in [-0.4, -0.2) is 25.7 Å². The number of aryl methyl sites for hydroxylation is 1. The van der Waals surface area contributed by atoms with Gasteiger partial charge in [-0.25, -0.2) is 0 Å². The van der Waals surface area contributed by atoms with E-state index in [1.54, 1.807) is 0 Å². The standard InChI is InChI=1S/C24H26N2O3/c1-18-7-6-10-23(19(18)2)25-17-24(27)26-20-11-13-22(14-12-20)29-16-15-28-21-8-4-3-5-9-21/h3-14,25H,15-17H2,1-2H3,(H,26,27). The number of carbonyl (C=O) groups excluding carboxylic acids is 1. The van der Waals surface area contributed by atoms with Gasteiger partial charge in [0.25, 0.3) is 0 Å². The Hall–Kier alpha value is -3.47. The van der Waals surface area contributed by atoms with Crippen LogP contribution in [0.3, 0.4) is 0 Å². The molecule has 2 N–H and O–H groups in total. The van der Waals surface area contributed by atoms with E-state index in [1.807, 2.05) is 73.7 Å². The molecule has 0 aromatic heterocycles. The van der Waals surface area contributed by atoms with E-state index in [4.69, 9.17) is 9.47 Å². The van der Waals surface area contributed by atoms with Gasteiger partial charge in [-0.2, -0.15) is 0 Å². The molecule has 29 heavy (non-hydrogen) atoms. The van der Waals surface area contributed by atoms with Crippen molar-refractivity contribution in [1.82, 2.24) is 0 Å². The summed E-state index contributed by atoms with van der Waals surface area (Å²) in [5, 5.41) is 6.06. The number of rotatable bonds is 9. The average molecular weight is 390 g/mol. The fourth-order valence-electron chi connectivity index (χ4n) is 2.79. The highest BCUT2D eigenvalue weighted by molar-refractivity contribution is 5.93. The Balaban J connectivity index is 1.40. The average Bonchev–Trinajstić information content (AvgIpc) is 2.74. The number of hydrogen-bond donors (Lipinski definition) is 2. The molecule has 0 aliphatic rings. The fraction of sp³-hybridized carbons (Fsp3) is 0.208. The van der Waals surface area contributed by atoms with E-state index in [0.717, 1.165) is 28.4 Å². The summed E-state index contributed by atoms with van der Waals surface area (Å²) in [7, 11) is 0. The number of hydrogen-bond acceptors (Lipinski definition) is 4. The number of nitrogens with one attached hydrogen (secondary N) is 2. The van der Waals surface area contributed by atoms with Gasteiger partial charge in [-0.05, 0) is 67.4 Å². The number of carbonyl (C=O) groups is 1. The summed E-state index contributed by atoms with van der Waals surface area (Å²) in [6, 6.07) is 22.9. The Morgan fingerprint density at radius 3 is 2.14 bits per heavy atom. The Bertz CT molecular complexity index is 925. The topological polar surface area (TPSA) is 59.6 Å².